The molecule has 0 bridgehead atoms. The van der Waals surface area contributed by atoms with Gasteiger partial charge in [0.2, 0.25) is 0 Å². The summed E-state index contributed by atoms with van der Waals surface area (Å²) in [6.45, 7) is 1.82. The lowest BCUT2D eigenvalue weighted by atomic mass is 10.2. The second kappa shape index (κ2) is 5.75. The Morgan fingerprint density at radius 1 is 1.19 bits per heavy atom. The first-order chi connectivity index (χ1) is 9.79. The smallest absolute Gasteiger partial charge is 0.263 e. The molecule has 0 amide bonds. The molecule has 0 aliphatic carbocycles. The van der Waals surface area contributed by atoms with Gasteiger partial charge in [-0.1, -0.05) is 29.8 Å². The maximum Gasteiger partial charge on any atom is 0.263 e. The Morgan fingerprint density at radius 3 is 2.52 bits per heavy atom. The second-order valence-corrected chi connectivity index (χ2v) is 6.47. The fourth-order valence-electron chi connectivity index (χ4n) is 1.75. The van der Waals surface area contributed by atoms with Crippen molar-refractivity contribution in [1.82, 2.24) is 0 Å². The molecule has 0 saturated carbocycles. The fraction of sp³-hybridized carbons (Fsp3) is 0.0714. The van der Waals surface area contributed by atoms with E-state index in [4.69, 9.17) is 11.6 Å². The normalized spacial score (nSPS) is 11.1. The molecule has 0 radical (unpaired) electrons. The van der Waals surface area contributed by atoms with Crippen LogP contribution in [0.1, 0.15) is 15.9 Å². The molecule has 2 aromatic carbocycles. The number of benzene rings is 2. The van der Waals surface area contributed by atoms with Crippen molar-refractivity contribution in [2.24, 2.45) is 0 Å². The van der Waals surface area contributed by atoms with Crippen LogP contribution in [0.15, 0.2) is 47.4 Å². The van der Waals surface area contributed by atoms with E-state index >= 15 is 0 Å². The minimum absolute atomic E-state index is 0.0693. The van der Waals surface area contributed by atoms with E-state index in [9.17, 15) is 18.3 Å². The summed E-state index contributed by atoms with van der Waals surface area (Å²) in [6, 6.07) is 10.1. The molecule has 0 heterocycles. The zero-order valence-corrected chi connectivity index (χ0v) is 12.5. The lowest BCUT2D eigenvalue weighted by Crippen LogP contribution is -2.23. The predicted octanol–water partition coefficient (Wildman–Crippen LogP) is 1.81. The first-order valence-electron chi connectivity index (χ1n) is 5.90. The Hall–Kier alpha value is -2.05. The summed E-state index contributed by atoms with van der Waals surface area (Å²) in [4.78, 5) is 10.5. The molecule has 0 saturated heterocycles. The fourth-order valence-corrected chi connectivity index (χ4v) is 3.33. The number of aryl methyl sites for hydroxylation is 1. The minimum atomic E-state index is -3.99. The van der Waals surface area contributed by atoms with E-state index in [2.05, 4.69) is 4.72 Å². The van der Waals surface area contributed by atoms with Crippen molar-refractivity contribution in [3.63, 3.8) is 0 Å². The van der Waals surface area contributed by atoms with Gasteiger partial charge < -0.3 is 9.90 Å². The number of hydrogen-bond acceptors (Lipinski definition) is 4. The predicted molar refractivity (Wildman–Crippen MR) is 77.8 cm³/mol. The zero-order valence-electron chi connectivity index (χ0n) is 11.0. The highest BCUT2D eigenvalue weighted by Gasteiger charge is 2.19. The Kier molecular flexibility index (Phi) is 4.20. The molecule has 0 aliphatic heterocycles. The van der Waals surface area contributed by atoms with E-state index in [1.54, 1.807) is 18.2 Å². The Bertz CT molecular complexity index is 802. The van der Waals surface area contributed by atoms with Crippen LogP contribution in [0.5, 0.6) is 0 Å². The number of carbonyl (C=O) groups is 1. The Balaban J connectivity index is 2.44. The van der Waals surface area contributed by atoms with Crippen LogP contribution in [0, 0.1) is 6.92 Å². The molecule has 0 unspecified atom stereocenters. The molecule has 7 heteroatoms. The van der Waals surface area contributed by atoms with Crippen molar-refractivity contribution in [3.05, 3.63) is 58.6 Å². The third kappa shape index (κ3) is 3.53. The maximum atomic E-state index is 12.3. The maximum absolute atomic E-state index is 12.3. The number of nitrogens with one attached hydrogen (secondary N) is 1. The van der Waals surface area contributed by atoms with Crippen LogP contribution in [0.4, 0.5) is 5.69 Å². The molecule has 5 nitrogen and oxygen atoms in total. The van der Waals surface area contributed by atoms with Crippen molar-refractivity contribution in [3.8, 4) is 0 Å². The molecular weight excluding hydrogens is 314 g/mol. The minimum Gasteiger partial charge on any atom is -0.545 e. The molecule has 110 valence electrons. The summed E-state index contributed by atoms with van der Waals surface area (Å²) in [5.41, 5.74) is 0.985. The Morgan fingerprint density at radius 2 is 1.90 bits per heavy atom. The van der Waals surface area contributed by atoms with Gasteiger partial charge in [-0.2, -0.15) is 0 Å². The van der Waals surface area contributed by atoms with E-state index in [1.165, 1.54) is 12.1 Å². The van der Waals surface area contributed by atoms with Crippen LogP contribution in [-0.4, -0.2) is 14.4 Å². The number of rotatable bonds is 4. The molecule has 0 spiro atoms. The van der Waals surface area contributed by atoms with Crippen molar-refractivity contribution in [1.29, 1.82) is 0 Å². The Labute approximate surface area is 127 Å². The number of hydrogen-bond donors (Lipinski definition) is 1. The summed E-state index contributed by atoms with van der Waals surface area (Å²) in [6.07, 6.45) is 0. The van der Waals surface area contributed by atoms with Gasteiger partial charge >= 0.3 is 0 Å². The van der Waals surface area contributed by atoms with Gasteiger partial charge in [0.15, 0.2) is 0 Å². The zero-order chi connectivity index (χ0) is 15.6. The van der Waals surface area contributed by atoms with Gasteiger partial charge in [0, 0.05) is 5.69 Å². The van der Waals surface area contributed by atoms with Gasteiger partial charge in [0.05, 0.1) is 11.0 Å². The van der Waals surface area contributed by atoms with Crippen molar-refractivity contribution < 1.29 is 18.3 Å². The van der Waals surface area contributed by atoms with Crippen LogP contribution < -0.4 is 9.83 Å². The van der Waals surface area contributed by atoms with Crippen LogP contribution in [-0.2, 0) is 10.0 Å². The summed E-state index contributed by atoms with van der Waals surface area (Å²) < 4.78 is 27.0. The molecule has 0 atom stereocenters. The summed E-state index contributed by atoms with van der Waals surface area (Å²) in [5, 5.41) is 10.8. The van der Waals surface area contributed by atoms with Crippen LogP contribution in [0.25, 0.3) is 0 Å². The van der Waals surface area contributed by atoms with Gasteiger partial charge in [-0.15, -0.1) is 0 Å². The molecule has 0 aliphatic rings. The van der Waals surface area contributed by atoms with Gasteiger partial charge in [0.25, 0.3) is 10.0 Å². The highest BCUT2D eigenvalue weighted by molar-refractivity contribution is 7.92. The van der Waals surface area contributed by atoms with Crippen molar-refractivity contribution >= 4 is 33.3 Å². The lowest BCUT2D eigenvalue weighted by Gasteiger charge is -2.12. The second-order valence-electron chi connectivity index (χ2n) is 4.41. The number of carbonyl (C=O) groups excluding carboxylic acids is 1. The molecule has 1 N–H and O–H groups in total. The van der Waals surface area contributed by atoms with Gasteiger partial charge in [-0.25, -0.2) is 8.42 Å². The standard InChI is InChI=1S/C14H12ClNO4S/c1-9-3-2-4-11(7-9)16-21(19,20)13-8-10(14(17)18)5-6-12(13)15/h2-8,16H,1H3,(H,17,18)/p-1. The summed E-state index contributed by atoms with van der Waals surface area (Å²) >= 11 is 5.85. The average Bonchev–Trinajstić information content (AvgIpc) is 2.38. The van der Waals surface area contributed by atoms with Gasteiger partial charge in [-0.05, 0) is 42.3 Å². The quantitative estimate of drug-likeness (QED) is 0.929. The first-order valence-corrected chi connectivity index (χ1v) is 7.76. The highest BCUT2D eigenvalue weighted by atomic mass is 35.5. The van der Waals surface area contributed by atoms with E-state index < -0.39 is 16.0 Å². The highest BCUT2D eigenvalue weighted by Crippen LogP contribution is 2.25. The summed E-state index contributed by atoms with van der Waals surface area (Å²) in [5.74, 6) is -1.47. The summed E-state index contributed by atoms with van der Waals surface area (Å²) in [7, 11) is -3.99. The van der Waals surface area contributed by atoms with Crippen molar-refractivity contribution in [2.75, 3.05) is 4.72 Å². The van der Waals surface area contributed by atoms with E-state index in [-0.39, 0.29) is 15.5 Å². The molecule has 2 aromatic rings. The molecule has 0 aromatic heterocycles. The van der Waals surface area contributed by atoms with Crippen LogP contribution in [0.3, 0.4) is 0 Å². The van der Waals surface area contributed by atoms with Gasteiger partial charge in [0.1, 0.15) is 4.90 Å². The topological polar surface area (TPSA) is 86.3 Å². The number of halogens is 1. The third-order valence-corrected chi connectivity index (χ3v) is 4.59. The van der Waals surface area contributed by atoms with E-state index in [0.29, 0.717) is 5.69 Å². The first kappa shape index (κ1) is 15.3. The number of carboxylic acid groups (broad SMARTS) is 1. The molecule has 2 rings (SSSR count). The number of carboxylic acids is 1. The number of aromatic carboxylic acids is 1. The SMILES string of the molecule is Cc1cccc(NS(=O)(=O)c2cc(C(=O)[O-])ccc2Cl)c1. The number of sulfonamides is 1. The molecule has 21 heavy (non-hydrogen) atoms. The molecule has 0 fully saturated rings. The van der Waals surface area contributed by atoms with Crippen LogP contribution >= 0.6 is 11.6 Å². The van der Waals surface area contributed by atoms with Crippen molar-refractivity contribution in [2.45, 2.75) is 11.8 Å². The third-order valence-electron chi connectivity index (χ3n) is 2.73. The number of anilines is 1. The van der Waals surface area contributed by atoms with Crippen LogP contribution in [0.2, 0.25) is 5.02 Å². The largest absolute Gasteiger partial charge is 0.545 e. The van der Waals surface area contributed by atoms with Gasteiger partial charge in [-0.3, -0.25) is 4.72 Å². The molecular formula is C14H11ClNO4S-. The lowest BCUT2D eigenvalue weighted by molar-refractivity contribution is -0.255. The van der Waals surface area contributed by atoms with E-state index in [1.807, 2.05) is 13.0 Å². The average molecular weight is 325 g/mol. The monoisotopic (exact) mass is 324 g/mol. The van der Waals surface area contributed by atoms with E-state index in [0.717, 1.165) is 11.6 Å².